The molecular formula is C17H25N3O2. The van der Waals surface area contributed by atoms with Gasteiger partial charge >= 0.3 is 0 Å². The second-order valence-electron chi connectivity index (χ2n) is 5.91. The first-order valence-corrected chi connectivity index (χ1v) is 8.28. The Labute approximate surface area is 131 Å². The van der Waals surface area contributed by atoms with E-state index in [1.165, 1.54) is 25.7 Å². The van der Waals surface area contributed by atoms with Crippen molar-refractivity contribution in [3.8, 4) is 11.5 Å². The first-order chi connectivity index (χ1) is 10.8. The van der Waals surface area contributed by atoms with Crippen LogP contribution in [0.1, 0.15) is 44.2 Å². The second-order valence-corrected chi connectivity index (χ2v) is 5.91. The minimum absolute atomic E-state index is 0.0882. The highest BCUT2D eigenvalue weighted by Gasteiger charge is 2.27. The van der Waals surface area contributed by atoms with Crippen molar-refractivity contribution in [3.63, 3.8) is 0 Å². The van der Waals surface area contributed by atoms with Crippen LogP contribution in [0.4, 0.5) is 0 Å². The fourth-order valence-electron chi connectivity index (χ4n) is 3.28. The van der Waals surface area contributed by atoms with Gasteiger partial charge in [0.15, 0.2) is 11.5 Å². The van der Waals surface area contributed by atoms with E-state index >= 15 is 0 Å². The Balaban J connectivity index is 1.83. The van der Waals surface area contributed by atoms with Crippen LogP contribution in [0.15, 0.2) is 23.2 Å². The maximum absolute atomic E-state index is 10.5. The number of nitrogens with zero attached hydrogens (tertiary/aromatic N) is 1. The zero-order chi connectivity index (χ0) is 15.4. The summed E-state index contributed by atoms with van der Waals surface area (Å²) in [5, 5.41) is 17.5. The molecule has 1 saturated carbocycles. The lowest BCUT2D eigenvalue weighted by molar-refractivity contribution is 0.315. The van der Waals surface area contributed by atoms with Gasteiger partial charge in [0.2, 0.25) is 0 Å². The van der Waals surface area contributed by atoms with E-state index in [2.05, 4.69) is 15.6 Å². The summed E-state index contributed by atoms with van der Waals surface area (Å²) in [6, 6.07) is 6.08. The van der Waals surface area contributed by atoms with Crippen LogP contribution >= 0.6 is 0 Å². The molecule has 0 spiro atoms. The predicted octanol–water partition coefficient (Wildman–Crippen LogP) is 2.37. The molecule has 0 aromatic heterocycles. The Morgan fingerprint density at radius 2 is 2.18 bits per heavy atom. The number of rotatable bonds is 4. The van der Waals surface area contributed by atoms with Crippen molar-refractivity contribution in [2.45, 2.75) is 44.7 Å². The number of hydrogen-bond donors (Lipinski definition) is 3. The van der Waals surface area contributed by atoms with Gasteiger partial charge in [0.25, 0.3) is 0 Å². The molecule has 1 aromatic rings. The van der Waals surface area contributed by atoms with Gasteiger partial charge in [-0.15, -0.1) is 0 Å². The highest BCUT2D eigenvalue weighted by atomic mass is 16.5. The third-order valence-corrected chi connectivity index (χ3v) is 4.36. The molecule has 2 aliphatic rings. The van der Waals surface area contributed by atoms with Crippen LogP contribution in [0.3, 0.4) is 0 Å². The number of ether oxygens (including phenoxy) is 1. The van der Waals surface area contributed by atoms with Crippen LogP contribution in [-0.2, 0) is 0 Å². The van der Waals surface area contributed by atoms with Crippen LogP contribution in [0.5, 0.6) is 11.5 Å². The number of aromatic hydroxyl groups is 1. The maximum atomic E-state index is 10.5. The van der Waals surface area contributed by atoms with Crippen LogP contribution in [-0.4, -0.2) is 36.7 Å². The van der Waals surface area contributed by atoms with Crippen LogP contribution in [0, 0.1) is 0 Å². The standard InChI is InChI=1S/C17H25N3O2/c1-2-22-14-9-5-8-13(16(14)21)15-17(19-11-10-18-15)20-12-6-3-4-7-12/h5,8-9,12,15,18,21H,2-4,6-7,10-11H2,1H3,(H,19,20). The quantitative estimate of drug-likeness (QED) is 0.799. The molecule has 120 valence electrons. The lowest BCUT2D eigenvalue weighted by Crippen LogP contribution is -2.45. The average Bonchev–Trinajstić information content (AvgIpc) is 3.03. The van der Waals surface area contributed by atoms with Crippen LogP contribution in [0.2, 0.25) is 0 Å². The summed E-state index contributed by atoms with van der Waals surface area (Å²) in [5.41, 5.74) is 0.829. The van der Waals surface area contributed by atoms with E-state index in [-0.39, 0.29) is 11.8 Å². The van der Waals surface area contributed by atoms with Crippen LogP contribution in [0.25, 0.3) is 0 Å². The van der Waals surface area contributed by atoms with Crippen molar-refractivity contribution >= 4 is 5.84 Å². The van der Waals surface area contributed by atoms with Crippen molar-refractivity contribution in [2.75, 3.05) is 19.7 Å². The Morgan fingerprint density at radius 3 is 2.95 bits per heavy atom. The molecule has 0 bridgehead atoms. The number of hydrogen-bond acceptors (Lipinski definition) is 5. The fraction of sp³-hybridized carbons (Fsp3) is 0.588. The van der Waals surface area contributed by atoms with Gasteiger partial charge in [0.05, 0.1) is 19.2 Å². The first kappa shape index (κ1) is 15.2. The highest BCUT2D eigenvalue weighted by Crippen LogP contribution is 2.34. The topological polar surface area (TPSA) is 65.9 Å². The number of aliphatic imine (C=N–C) groups is 1. The van der Waals surface area contributed by atoms with Crippen molar-refractivity contribution in [2.24, 2.45) is 4.99 Å². The van der Waals surface area contributed by atoms with E-state index in [1.807, 2.05) is 19.1 Å². The van der Waals surface area contributed by atoms with E-state index in [0.29, 0.717) is 18.4 Å². The van der Waals surface area contributed by atoms with Crippen molar-refractivity contribution in [1.82, 2.24) is 10.6 Å². The lowest BCUT2D eigenvalue weighted by Gasteiger charge is -2.29. The number of phenolic OH excluding ortho intramolecular Hbond substituents is 1. The molecule has 1 atom stereocenters. The summed E-state index contributed by atoms with van der Waals surface area (Å²) in [5.74, 6) is 1.69. The molecule has 0 radical (unpaired) electrons. The molecule has 0 saturated heterocycles. The summed E-state index contributed by atoms with van der Waals surface area (Å²) < 4.78 is 5.50. The largest absolute Gasteiger partial charge is 0.504 e. The number of benzene rings is 1. The minimum Gasteiger partial charge on any atom is -0.504 e. The van der Waals surface area contributed by atoms with Gasteiger partial charge in [-0.25, -0.2) is 0 Å². The fourth-order valence-corrected chi connectivity index (χ4v) is 3.28. The summed E-state index contributed by atoms with van der Waals surface area (Å²) >= 11 is 0. The first-order valence-electron chi connectivity index (χ1n) is 8.28. The Kier molecular flexibility index (Phi) is 4.83. The van der Waals surface area contributed by atoms with Crippen molar-refractivity contribution < 1.29 is 9.84 Å². The van der Waals surface area contributed by atoms with E-state index in [1.54, 1.807) is 6.07 Å². The van der Waals surface area contributed by atoms with E-state index in [0.717, 1.165) is 24.5 Å². The van der Waals surface area contributed by atoms with E-state index in [4.69, 9.17) is 4.74 Å². The van der Waals surface area contributed by atoms with Gasteiger partial charge < -0.3 is 20.5 Å². The van der Waals surface area contributed by atoms with Gasteiger partial charge in [-0.05, 0) is 25.8 Å². The summed E-state index contributed by atoms with van der Waals surface area (Å²) in [6.45, 7) is 4.05. The third kappa shape index (κ3) is 3.19. The Morgan fingerprint density at radius 1 is 1.36 bits per heavy atom. The zero-order valence-electron chi connectivity index (χ0n) is 13.1. The molecule has 22 heavy (non-hydrogen) atoms. The maximum Gasteiger partial charge on any atom is 0.163 e. The molecule has 1 fully saturated rings. The summed E-state index contributed by atoms with van der Waals surface area (Å²) in [4.78, 5) is 4.66. The number of nitrogens with one attached hydrogen (secondary N) is 2. The average molecular weight is 303 g/mol. The highest BCUT2D eigenvalue weighted by molar-refractivity contribution is 5.90. The number of amidine groups is 1. The van der Waals surface area contributed by atoms with Gasteiger partial charge in [0, 0.05) is 18.2 Å². The third-order valence-electron chi connectivity index (χ3n) is 4.36. The molecule has 5 nitrogen and oxygen atoms in total. The minimum atomic E-state index is -0.0882. The zero-order valence-corrected chi connectivity index (χ0v) is 13.1. The van der Waals surface area contributed by atoms with E-state index in [9.17, 15) is 5.11 Å². The predicted molar refractivity (Wildman–Crippen MR) is 87.7 cm³/mol. The molecule has 1 heterocycles. The number of phenols is 1. The molecule has 1 aromatic carbocycles. The smallest absolute Gasteiger partial charge is 0.163 e. The van der Waals surface area contributed by atoms with Gasteiger partial charge in [0.1, 0.15) is 5.84 Å². The van der Waals surface area contributed by atoms with Gasteiger partial charge in [-0.3, -0.25) is 4.99 Å². The van der Waals surface area contributed by atoms with Crippen molar-refractivity contribution in [1.29, 1.82) is 0 Å². The second kappa shape index (κ2) is 7.01. The molecule has 3 rings (SSSR count). The van der Waals surface area contributed by atoms with Crippen molar-refractivity contribution in [3.05, 3.63) is 23.8 Å². The molecule has 3 N–H and O–H groups in total. The van der Waals surface area contributed by atoms with Gasteiger partial charge in [-0.2, -0.15) is 0 Å². The SMILES string of the molecule is CCOc1cccc(C2NCCN=C2NC2CCCC2)c1O. The number of para-hydroxylation sites is 1. The molecular weight excluding hydrogens is 278 g/mol. The Bertz CT molecular complexity index is 539. The monoisotopic (exact) mass is 303 g/mol. The summed E-state index contributed by atoms with van der Waals surface area (Å²) in [7, 11) is 0. The van der Waals surface area contributed by atoms with Crippen LogP contribution < -0.4 is 15.4 Å². The lowest BCUT2D eigenvalue weighted by atomic mass is 10.0. The van der Waals surface area contributed by atoms with Gasteiger partial charge in [-0.1, -0.05) is 25.0 Å². The normalized spacial score (nSPS) is 22.4. The molecule has 5 heteroatoms. The summed E-state index contributed by atoms with van der Waals surface area (Å²) in [6.07, 6.45) is 4.98. The molecule has 1 aliphatic heterocycles. The molecule has 0 amide bonds. The Hall–Kier alpha value is -1.75. The van der Waals surface area contributed by atoms with E-state index < -0.39 is 0 Å². The molecule has 1 unspecified atom stereocenters. The molecule has 1 aliphatic carbocycles.